The van der Waals surface area contributed by atoms with Gasteiger partial charge in [-0.05, 0) is 38.6 Å². The number of hydrogen-bond acceptors (Lipinski definition) is 5. The second kappa shape index (κ2) is 6.94. The summed E-state index contributed by atoms with van der Waals surface area (Å²) in [6, 6.07) is 3.66. The van der Waals surface area contributed by atoms with Crippen LogP contribution in [0.3, 0.4) is 0 Å². The number of aromatic nitrogens is 4. The highest BCUT2D eigenvalue weighted by Crippen LogP contribution is 2.06. The second-order valence-electron chi connectivity index (χ2n) is 5.10. The van der Waals surface area contributed by atoms with Gasteiger partial charge >= 0.3 is 0 Å². The predicted octanol–water partition coefficient (Wildman–Crippen LogP) is 0.817. The summed E-state index contributed by atoms with van der Waals surface area (Å²) in [5.41, 5.74) is 1.12. The van der Waals surface area contributed by atoms with Crippen molar-refractivity contribution in [3.8, 4) is 0 Å². The number of aryl methyl sites for hydroxylation is 1. The Morgan fingerprint density at radius 1 is 1.43 bits per heavy atom. The lowest BCUT2D eigenvalue weighted by molar-refractivity contribution is -0.122. The van der Waals surface area contributed by atoms with Gasteiger partial charge in [-0.1, -0.05) is 0 Å². The molecule has 2 rings (SSSR count). The fourth-order valence-electron chi connectivity index (χ4n) is 2.01. The van der Waals surface area contributed by atoms with Crippen molar-refractivity contribution in [1.82, 2.24) is 30.4 Å². The van der Waals surface area contributed by atoms with Crippen LogP contribution in [0.25, 0.3) is 0 Å². The largest absolute Gasteiger partial charge is 0.345 e. The van der Waals surface area contributed by atoms with Crippen LogP contribution in [-0.2, 0) is 11.3 Å². The molecule has 0 bridgehead atoms. The molecular weight excluding hydrogens is 268 g/mol. The lowest BCUT2D eigenvalue weighted by Gasteiger charge is -2.17. The van der Waals surface area contributed by atoms with Crippen LogP contribution in [0.4, 0.5) is 0 Å². The van der Waals surface area contributed by atoms with Gasteiger partial charge in [-0.15, -0.1) is 0 Å². The van der Waals surface area contributed by atoms with Crippen molar-refractivity contribution < 1.29 is 4.79 Å². The molecule has 1 atom stereocenters. The molecule has 0 saturated heterocycles. The summed E-state index contributed by atoms with van der Waals surface area (Å²) in [5.74, 6) is 1.28. The fourth-order valence-corrected chi connectivity index (χ4v) is 2.01. The molecule has 21 heavy (non-hydrogen) atoms. The highest BCUT2D eigenvalue weighted by Gasteiger charge is 2.14. The zero-order valence-electron chi connectivity index (χ0n) is 12.5. The number of H-pyrrole nitrogens is 1. The maximum absolute atomic E-state index is 12.0. The Hall–Kier alpha value is -2.28. The summed E-state index contributed by atoms with van der Waals surface area (Å²) >= 11 is 0. The summed E-state index contributed by atoms with van der Waals surface area (Å²) < 4.78 is 0. The van der Waals surface area contributed by atoms with Crippen LogP contribution in [0.5, 0.6) is 0 Å². The van der Waals surface area contributed by atoms with Crippen molar-refractivity contribution in [2.24, 2.45) is 0 Å². The van der Waals surface area contributed by atoms with Gasteiger partial charge in [0.15, 0.2) is 5.82 Å². The van der Waals surface area contributed by atoms with Crippen molar-refractivity contribution in [1.29, 1.82) is 0 Å². The van der Waals surface area contributed by atoms with Crippen LogP contribution >= 0.6 is 0 Å². The number of aromatic amines is 1. The Morgan fingerprint density at radius 2 is 2.14 bits per heavy atom. The molecule has 0 aliphatic rings. The SMILES string of the molecule is Cc1nc(C(C)NC(=O)CN(C)Cc2ccncc2)n[nH]1. The molecule has 0 aromatic carbocycles. The van der Waals surface area contributed by atoms with Crippen LogP contribution in [0, 0.1) is 6.92 Å². The number of hydrogen-bond donors (Lipinski definition) is 2. The number of amides is 1. The molecule has 0 saturated carbocycles. The van der Waals surface area contributed by atoms with E-state index in [9.17, 15) is 4.79 Å². The topological polar surface area (TPSA) is 86.8 Å². The number of likely N-dealkylation sites (N-methyl/N-ethyl adjacent to an activating group) is 1. The standard InChI is InChI=1S/C14H20N6O/c1-10(14-17-11(2)18-19-14)16-13(21)9-20(3)8-12-4-6-15-7-5-12/h4-7,10H,8-9H2,1-3H3,(H,16,21)(H,17,18,19). The van der Waals surface area contributed by atoms with Crippen molar-refractivity contribution in [3.05, 3.63) is 41.7 Å². The monoisotopic (exact) mass is 288 g/mol. The summed E-state index contributed by atoms with van der Waals surface area (Å²) in [4.78, 5) is 22.1. The molecule has 2 aromatic rings. The summed E-state index contributed by atoms with van der Waals surface area (Å²) in [7, 11) is 1.90. The summed E-state index contributed by atoms with van der Waals surface area (Å²) in [6.07, 6.45) is 3.49. The van der Waals surface area contributed by atoms with Crippen LogP contribution in [-0.4, -0.2) is 44.6 Å². The Morgan fingerprint density at radius 3 is 2.76 bits per heavy atom. The third kappa shape index (κ3) is 4.64. The zero-order valence-corrected chi connectivity index (χ0v) is 12.5. The molecule has 0 aliphatic carbocycles. The molecule has 7 heteroatoms. The van der Waals surface area contributed by atoms with Crippen molar-refractivity contribution in [2.75, 3.05) is 13.6 Å². The first kappa shape index (κ1) is 15.1. The van der Waals surface area contributed by atoms with E-state index < -0.39 is 0 Å². The van der Waals surface area contributed by atoms with Gasteiger partial charge in [0, 0.05) is 18.9 Å². The van der Waals surface area contributed by atoms with Gasteiger partial charge in [0.05, 0.1) is 12.6 Å². The smallest absolute Gasteiger partial charge is 0.234 e. The summed E-state index contributed by atoms with van der Waals surface area (Å²) in [6.45, 7) is 4.71. The van der Waals surface area contributed by atoms with Crippen molar-refractivity contribution in [3.63, 3.8) is 0 Å². The minimum absolute atomic E-state index is 0.0542. The molecule has 0 fully saturated rings. The number of rotatable bonds is 6. The van der Waals surface area contributed by atoms with E-state index in [1.165, 1.54) is 0 Å². The number of carbonyl (C=O) groups excluding carboxylic acids is 1. The molecule has 0 aliphatic heterocycles. The zero-order chi connectivity index (χ0) is 15.2. The molecule has 112 valence electrons. The highest BCUT2D eigenvalue weighted by atomic mass is 16.2. The first-order valence-corrected chi connectivity index (χ1v) is 6.80. The molecule has 0 spiro atoms. The normalized spacial score (nSPS) is 12.4. The highest BCUT2D eigenvalue weighted by molar-refractivity contribution is 5.78. The molecule has 0 radical (unpaired) electrons. The van der Waals surface area contributed by atoms with Gasteiger partial charge in [-0.3, -0.25) is 19.8 Å². The van der Waals surface area contributed by atoms with Crippen LogP contribution in [0.1, 0.15) is 30.2 Å². The summed E-state index contributed by atoms with van der Waals surface area (Å²) in [5, 5.41) is 9.70. The quantitative estimate of drug-likeness (QED) is 0.821. The molecule has 2 N–H and O–H groups in total. The second-order valence-corrected chi connectivity index (χ2v) is 5.10. The minimum atomic E-state index is -0.211. The van der Waals surface area contributed by atoms with Crippen LogP contribution in [0.2, 0.25) is 0 Å². The average molecular weight is 288 g/mol. The lowest BCUT2D eigenvalue weighted by atomic mass is 10.2. The number of pyridine rings is 1. The van der Waals surface area contributed by atoms with E-state index in [1.807, 2.05) is 37.9 Å². The van der Waals surface area contributed by atoms with Crippen molar-refractivity contribution in [2.45, 2.75) is 26.4 Å². The van der Waals surface area contributed by atoms with E-state index in [4.69, 9.17) is 0 Å². The lowest BCUT2D eigenvalue weighted by Crippen LogP contribution is -2.36. The Kier molecular flexibility index (Phi) is 4.99. The van der Waals surface area contributed by atoms with E-state index in [-0.39, 0.29) is 11.9 Å². The van der Waals surface area contributed by atoms with E-state index >= 15 is 0 Å². The molecule has 1 unspecified atom stereocenters. The van der Waals surface area contributed by atoms with Gasteiger partial charge in [-0.2, -0.15) is 5.10 Å². The predicted molar refractivity (Wildman–Crippen MR) is 78.2 cm³/mol. The molecule has 1 amide bonds. The maximum atomic E-state index is 12.0. The van der Waals surface area contributed by atoms with E-state index in [0.717, 1.165) is 11.4 Å². The van der Waals surface area contributed by atoms with Crippen LogP contribution in [0.15, 0.2) is 24.5 Å². The van der Waals surface area contributed by atoms with Gasteiger partial charge in [0.1, 0.15) is 5.82 Å². The van der Waals surface area contributed by atoms with E-state index in [1.54, 1.807) is 12.4 Å². The van der Waals surface area contributed by atoms with Crippen LogP contribution < -0.4 is 5.32 Å². The average Bonchev–Trinajstić information content (AvgIpc) is 2.86. The van der Waals surface area contributed by atoms with E-state index in [0.29, 0.717) is 18.9 Å². The molecule has 2 heterocycles. The van der Waals surface area contributed by atoms with E-state index in [2.05, 4.69) is 25.5 Å². The first-order chi connectivity index (χ1) is 10.0. The number of nitrogens with one attached hydrogen (secondary N) is 2. The Bertz CT molecular complexity index is 582. The number of nitrogens with zero attached hydrogens (tertiary/aromatic N) is 4. The van der Waals surface area contributed by atoms with Gasteiger partial charge in [0.25, 0.3) is 0 Å². The Balaban J connectivity index is 1.81. The fraction of sp³-hybridized carbons (Fsp3) is 0.429. The maximum Gasteiger partial charge on any atom is 0.234 e. The third-order valence-electron chi connectivity index (χ3n) is 2.99. The molecule has 7 nitrogen and oxygen atoms in total. The minimum Gasteiger partial charge on any atom is -0.345 e. The van der Waals surface area contributed by atoms with Gasteiger partial charge < -0.3 is 5.32 Å². The molecular formula is C14H20N6O. The van der Waals surface area contributed by atoms with Crippen molar-refractivity contribution >= 4 is 5.91 Å². The number of carbonyl (C=O) groups is 1. The van der Waals surface area contributed by atoms with Gasteiger partial charge in [0.2, 0.25) is 5.91 Å². The molecule has 2 aromatic heterocycles. The van der Waals surface area contributed by atoms with Gasteiger partial charge in [-0.25, -0.2) is 4.98 Å². The first-order valence-electron chi connectivity index (χ1n) is 6.80. The Labute approximate surface area is 123 Å². The third-order valence-corrected chi connectivity index (χ3v) is 2.99.